The van der Waals surface area contributed by atoms with Gasteiger partial charge in [-0.2, -0.15) is 0 Å². The molecule has 0 N–H and O–H groups in total. The number of carbonyl (C=O) groups is 1. The Hall–Kier alpha value is -2.24. The van der Waals surface area contributed by atoms with Crippen molar-refractivity contribution in [3.63, 3.8) is 0 Å². The fourth-order valence-corrected chi connectivity index (χ4v) is 4.29. The summed E-state index contributed by atoms with van der Waals surface area (Å²) >= 11 is 0. The maximum absolute atomic E-state index is 13.4. The lowest BCUT2D eigenvalue weighted by Crippen LogP contribution is -2.39. The van der Waals surface area contributed by atoms with Crippen molar-refractivity contribution in [3.05, 3.63) is 47.4 Å². The molecule has 0 saturated carbocycles. The summed E-state index contributed by atoms with van der Waals surface area (Å²) in [7, 11) is 0. The van der Waals surface area contributed by atoms with Crippen LogP contribution >= 0.6 is 0 Å². The predicted octanol–water partition coefficient (Wildman–Crippen LogP) is 4.83. The molecule has 6 heteroatoms. The molecule has 1 unspecified atom stereocenters. The maximum Gasteiger partial charge on any atom is 0.223 e. The van der Waals surface area contributed by atoms with E-state index >= 15 is 0 Å². The second kappa shape index (κ2) is 9.30. The Labute approximate surface area is 166 Å². The highest BCUT2D eigenvalue weighted by Crippen LogP contribution is 2.34. The molecule has 0 aliphatic carbocycles. The third kappa shape index (κ3) is 4.78. The lowest BCUT2D eigenvalue weighted by atomic mass is 9.80. The van der Waals surface area contributed by atoms with Gasteiger partial charge < -0.3 is 9.32 Å². The molecule has 1 fully saturated rings. The number of aromatic nitrogens is 2. The zero-order valence-corrected chi connectivity index (χ0v) is 17.0. The summed E-state index contributed by atoms with van der Waals surface area (Å²) in [6, 6.07) is 6.64. The first-order valence-corrected chi connectivity index (χ1v) is 10.3. The summed E-state index contributed by atoms with van der Waals surface area (Å²) < 4.78 is 18.9. The number of aryl methyl sites for hydroxylation is 1. The topological polar surface area (TPSA) is 59.2 Å². The van der Waals surface area contributed by atoms with E-state index in [-0.39, 0.29) is 23.6 Å². The summed E-state index contributed by atoms with van der Waals surface area (Å²) in [5, 5.41) is 8.04. The van der Waals surface area contributed by atoms with Crippen LogP contribution in [0, 0.1) is 18.7 Å². The van der Waals surface area contributed by atoms with Crippen molar-refractivity contribution >= 4 is 5.91 Å². The molecule has 5 nitrogen and oxygen atoms in total. The fraction of sp³-hybridized carbons (Fsp3) is 0.591. The Kier molecular flexibility index (Phi) is 6.81. The number of hydrogen-bond donors (Lipinski definition) is 0. The number of piperidine rings is 1. The van der Waals surface area contributed by atoms with Crippen molar-refractivity contribution in [2.75, 3.05) is 13.1 Å². The minimum Gasteiger partial charge on any atom is -0.425 e. The molecule has 0 bridgehead atoms. The van der Waals surface area contributed by atoms with Gasteiger partial charge in [-0.15, -0.1) is 10.2 Å². The highest BCUT2D eigenvalue weighted by Gasteiger charge is 2.30. The maximum atomic E-state index is 13.4. The van der Waals surface area contributed by atoms with E-state index in [1.165, 1.54) is 12.1 Å². The lowest BCUT2D eigenvalue weighted by molar-refractivity contribution is -0.133. The standard InChI is InChI=1S/C22H30FN3O2/c1-4-16(5-2)20(17-6-8-19(23)9-7-17)14-21(27)26-12-10-18(11-13-26)22-25-24-15(3)28-22/h6-9,16,18,20H,4-5,10-14H2,1-3H3. The Morgan fingerprint density at radius 3 is 2.36 bits per heavy atom. The normalized spacial score (nSPS) is 16.5. The van der Waals surface area contributed by atoms with E-state index in [0.29, 0.717) is 37.2 Å². The average Bonchev–Trinajstić information content (AvgIpc) is 3.15. The molecule has 152 valence electrons. The molecule has 1 saturated heterocycles. The summed E-state index contributed by atoms with van der Waals surface area (Å²) in [6.45, 7) is 7.54. The first kappa shape index (κ1) is 20.5. The summed E-state index contributed by atoms with van der Waals surface area (Å²) in [5.74, 6) is 1.98. The lowest BCUT2D eigenvalue weighted by Gasteiger charge is -2.33. The summed E-state index contributed by atoms with van der Waals surface area (Å²) in [5.41, 5.74) is 1.06. The summed E-state index contributed by atoms with van der Waals surface area (Å²) in [6.07, 6.45) is 4.18. The predicted molar refractivity (Wildman–Crippen MR) is 105 cm³/mol. The zero-order valence-electron chi connectivity index (χ0n) is 17.0. The Bertz CT molecular complexity index is 762. The van der Waals surface area contributed by atoms with Crippen LogP contribution < -0.4 is 0 Å². The van der Waals surface area contributed by atoms with Gasteiger partial charge in [-0.1, -0.05) is 38.8 Å². The van der Waals surface area contributed by atoms with Crippen LogP contribution in [0.25, 0.3) is 0 Å². The fourth-order valence-electron chi connectivity index (χ4n) is 4.29. The number of likely N-dealkylation sites (tertiary alicyclic amines) is 1. The first-order chi connectivity index (χ1) is 13.5. The van der Waals surface area contributed by atoms with E-state index in [1.807, 2.05) is 17.0 Å². The van der Waals surface area contributed by atoms with E-state index in [0.717, 1.165) is 31.2 Å². The molecule has 1 aliphatic heterocycles. The molecule has 0 radical (unpaired) electrons. The van der Waals surface area contributed by atoms with Gasteiger partial charge in [-0.05, 0) is 42.4 Å². The van der Waals surface area contributed by atoms with Gasteiger partial charge in [0.25, 0.3) is 0 Å². The number of halogens is 1. The van der Waals surface area contributed by atoms with Crippen LogP contribution in [0.2, 0.25) is 0 Å². The van der Waals surface area contributed by atoms with Crippen molar-refractivity contribution in [1.29, 1.82) is 0 Å². The Morgan fingerprint density at radius 2 is 1.82 bits per heavy atom. The second-order valence-corrected chi connectivity index (χ2v) is 7.75. The molecule has 0 spiro atoms. The van der Waals surface area contributed by atoms with Crippen LogP contribution in [0.1, 0.15) is 75.1 Å². The smallest absolute Gasteiger partial charge is 0.223 e. The van der Waals surface area contributed by atoms with Gasteiger partial charge in [0.1, 0.15) is 5.82 Å². The van der Waals surface area contributed by atoms with Crippen LogP contribution in [0.3, 0.4) is 0 Å². The van der Waals surface area contributed by atoms with Crippen LogP contribution in [-0.2, 0) is 4.79 Å². The quantitative estimate of drug-likeness (QED) is 0.682. The van der Waals surface area contributed by atoms with Crippen LogP contribution in [-0.4, -0.2) is 34.1 Å². The third-order valence-corrected chi connectivity index (χ3v) is 6.05. The van der Waals surface area contributed by atoms with Gasteiger partial charge in [-0.3, -0.25) is 4.79 Å². The SMILES string of the molecule is CCC(CC)C(CC(=O)N1CCC(c2nnc(C)o2)CC1)c1ccc(F)cc1. The van der Waals surface area contributed by atoms with Crippen molar-refractivity contribution in [2.24, 2.45) is 5.92 Å². The van der Waals surface area contributed by atoms with E-state index < -0.39 is 0 Å². The van der Waals surface area contributed by atoms with Crippen molar-refractivity contribution < 1.29 is 13.6 Å². The average molecular weight is 387 g/mol. The number of hydrogen-bond acceptors (Lipinski definition) is 4. The van der Waals surface area contributed by atoms with Crippen LogP contribution in [0.4, 0.5) is 4.39 Å². The van der Waals surface area contributed by atoms with Gasteiger partial charge in [0.05, 0.1) is 0 Å². The van der Waals surface area contributed by atoms with Gasteiger partial charge >= 0.3 is 0 Å². The number of nitrogens with zero attached hydrogens (tertiary/aromatic N) is 3. The molecule has 3 rings (SSSR count). The van der Waals surface area contributed by atoms with Gasteiger partial charge in [0.2, 0.25) is 17.7 Å². The minimum absolute atomic E-state index is 0.124. The molecule has 1 amide bonds. The monoisotopic (exact) mass is 387 g/mol. The van der Waals surface area contributed by atoms with E-state index in [4.69, 9.17) is 4.42 Å². The van der Waals surface area contributed by atoms with Crippen LogP contribution in [0.15, 0.2) is 28.7 Å². The van der Waals surface area contributed by atoms with E-state index in [9.17, 15) is 9.18 Å². The first-order valence-electron chi connectivity index (χ1n) is 10.3. The molecular weight excluding hydrogens is 357 g/mol. The zero-order chi connectivity index (χ0) is 20.1. The number of benzene rings is 1. The van der Waals surface area contributed by atoms with Gasteiger partial charge in [-0.25, -0.2) is 4.39 Å². The minimum atomic E-state index is -0.239. The van der Waals surface area contributed by atoms with Crippen molar-refractivity contribution in [3.8, 4) is 0 Å². The number of rotatable bonds is 7. The Morgan fingerprint density at radius 1 is 1.18 bits per heavy atom. The number of amides is 1. The van der Waals surface area contributed by atoms with E-state index in [1.54, 1.807) is 6.92 Å². The molecular formula is C22H30FN3O2. The molecule has 1 aromatic carbocycles. The third-order valence-electron chi connectivity index (χ3n) is 6.05. The van der Waals surface area contributed by atoms with Crippen molar-refractivity contribution in [1.82, 2.24) is 15.1 Å². The molecule has 1 atom stereocenters. The molecule has 2 aromatic rings. The molecule has 1 aliphatic rings. The largest absolute Gasteiger partial charge is 0.425 e. The highest BCUT2D eigenvalue weighted by atomic mass is 19.1. The van der Waals surface area contributed by atoms with Gasteiger partial charge in [0, 0.05) is 32.4 Å². The van der Waals surface area contributed by atoms with Crippen molar-refractivity contribution in [2.45, 2.75) is 64.7 Å². The van der Waals surface area contributed by atoms with Gasteiger partial charge in [0.15, 0.2) is 0 Å². The molecule has 28 heavy (non-hydrogen) atoms. The second-order valence-electron chi connectivity index (χ2n) is 7.75. The molecule has 1 aromatic heterocycles. The number of carbonyl (C=O) groups excluding carboxylic acids is 1. The summed E-state index contributed by atoms with van der Waals surface area (Å²) in [4.78, 5) is 15.0. The van der Waals surface area contributed by atoms with Crippen LogP contribution in [0.5, 0.6) is 0 Å². The Balaban J connectivity index is 1.64. The van der Waals surface area contributed by atoms with E-state index in [2.05, 4.69) is 24.0 Å². The molecule has 2 heterocycles. The highest BCUT2D eigenvalue weighted by molar-refractivity contribution is 5.77.